The molecule has 0 unspecified atom stereocenters. The average molecular weight is 604 g/mol. The average Bonchev–Trinajstić information content (AvgIpc) is 2.96. The lowest BCUT2D eigenvalue weighted by molar-refractivity contribution is -0.139. The molecule has 11 heteroatoms. The van der Waals surface area contributed by atoms with Gasteiger partial charge in [0.1, 0.15) is 24.2 Å². The smallest absolute Gasteiger partial charge is 0.264 e. The van der Waals surface area contributed by atoms with Crippen LogP contribution in [-0.4, -0.2) is 50.4 Å². The van der Waals surface area contributed by atoms with Crippen molar-refractivity contribution in [2.75, 3.05) is 17.5 Å². The molecule has 0 aromatic heterocycles. The quantitative estimate of drug-likeness (QED) is 0.282. The Hall–Kier alpha value is -3.63. The van der Waals surface area contributed by atoms with Crippen molar-refractivity contribution in [2.24, 2.45) is 0 Å². The van der Waals surface area contributed by atoms with Crippen LogP contribution >= 0.6 is 11.6 Å². The lowest BCUT2D eigenvalue weighted by Crippen LogP contribution is -2.52. The minimum Gasteiger partial charge on any atom is -0.494 e. The number of rotatable bonds is 13. The summed E-state index contributed by atoms with van der Waals surface area (Å²) in [6.07, 6.45) is 0.690. The number of benzene rings is 3. The van der Waals surface area contributed by atoms with E-state index < -0.39 is 34.3 Å². The molecule has 0 spiro atoms. The summed E-state index contributed by atoms with van der Waals surface area (Å²) in [5.41, 5.74) is 0.677. The van der Waals surface area contributed by atoms with Crippen LogP contribution in [0.4, 0.5) is 10.1 Å². The van der Waals surface area contributed by atoms with E-state index in [9.17, 15) is 22.4 Å². The highest BCUT2D eigenvalue weighted by atomic mass is 35.5. The fraction of sp³-hybridized carbons (Fsp3) is 0.333. The molecule has 0 aliphatic heterocycles. The van der Waals surface area contributed by atoms with Crippen LogP contribution in [0.2, 0.25) is 5.02 Å². The molecule has 1 N–H and O–H groups in total. The van der Waals surface area contributed by atoms with Crippen LogP contribution in [0, 0.1) is 5.82 Å². The van der Waals surface area contributed by atoms with Crippen molar-refractivity contribution in [3.63, 3.8) is 0 Å². The Bertz CT molecular complexity index is 1440. The van der Waals surface area contributed by atoms with Crippen molar-refractivity contribution in [2.45, 2.75) is 57.6 Å². The number of amides is 2. The van der Waals surface area contributed by atoms with Gasteiger partial charge < -0.3 is 15.0 Å². The van der Waals surface area contributed by atoms with E-state index in [1.165, 1.54) is 41.3 Å². The molecule has 0 radical (unpaired) electrons. The highest BCUT2D eigenvalue weighted by Gasteiger charge is 2.33. The van der Waals surface area contributed by atoms with Gasteiger partial charge in [0.05, 0.1) is 17.2 Å². The van der Waals surface area contributed by atoms with Gasteiger partial charge in [-0.3, -0.25) is 13.9 Å². The second-order valence-corrected chi connectivity index (χ2v) is 11.8. The van der Waals surface area contributed by atoms with Gasteiger partial charge in [0.25, 0.3) is 10.0 Å². The first kappa shape index (κ1) is 31.9. The van der Waals surface area contributed by atoms with E-state index in [4.69, 9.17) is 16.3 Å². The number of hydrogen-bond acceptors (Lipinski definition) is 5. The van der Waals surface area contributed by atoms with E-state index in [2.05, 4.69) is 5.32 Å². The second-order valence-electron chi connectivity index (χ2n) is 9.50. The second kappa shape index (κ2) is 14.3. The Labute approximate surface area is 246 Å². The van der Waals surface area contributed by atoms with Crippen LogP contribution in [0.1, 0.15) is 39.7 Å². The van der Waals surface area contributed by atoms with Crippen LogP contribution in [0.25, 0.3) is 0 Å². The van der Waals surface area contributed by atoms with Gasteiger partial charge in [0, 0.05) is 17.6 Å². The molecule has 2 atom stereocenters. The first-order valence-electron chi connectivity index (χ1n) is 13.3. The number of sulfonamides is 1. The predicted octanol–water partition coefficient (Wildman–Crippen LogP) is 5.41. The number of carbonyl (C=O) groups excluding carboxylic acids is 2. The van der Waals surface area contributed by atoms with E-state index >= 15 is 0 Å². The van der Waals surface area contributed by atoms with Crippen molar-refractivity contribution in [3.8, 4) is 5.75 Å². The molecule has 0 saturated carbocycles. The van der Waals surface area contributed by atoms with Crippen molar-refractivity contribution in [1.82, 2.24) is 10.2 Å². The van der Waals surface area contributed by atoms with E-state index in [1.54, 1.807) is 31.2 Å². The largest absolute Gasteiger partial charge is 0.494 e. The highest BCUT2D eigenvalue weighted by molar-refractivity contribution is 7.92. The summed E-state index contributed by atoms with van der Waals surface area (Å²) in [4.78, 5) is 28.2. The number of carbonyl (C=O) groups is 2. The Kier molecular flexibility index (Phi) is 11.1. The molecule has 3 aromatic carbocycles. The zero-order chi connectivity index (χ0) is 30.2. The molecule has 0 aliphatic carbocycles. The molecule has 41 heavy (non-hydrogen) atoms. The van der Waals surface area contributed by atoms with Crippen molar-refractivity contribution < 1.29 is 27.1 Å². The fourth-order valence-corrected chi connectivity index (χ4v) is 5.61. The summed E-state index contributed by atoms with van der Waals surface area (Å²) < 4.78 is 47.8. The number of nitrogens with zero attached hydrogens (tertiary/aromatic N) is 2. The number of anilines is 1. The molecule has 0 saturated heterocycles. The van der Waals surface area contributed by atoms with E-state index in [0.29, 0.717) is 29.4 Å². The third kappa shape index (κ3) is 8.20. The van der Waals surface area contributed by atoms with Gasteiger partial charge >= 0.3 is 0 Å². The predicted molar refractivity (Wildman–Crippen MR) is 158 cm³/mol. The maximum atomic E-state index is 13.9. The van der Waals surface area contributed by atoms with Gasteiger partial charge in [0.15, 0.2) is 0 Å². The van der Waals surface area contributed by atoms with Crippen LogP contribution in [0.5, 0.6) is 5.75 Å². The van der Waals surface area contributed by atoms with Crippen molar-refractivity contribution in [3.05, 3.63) is 89.2 Å². The zero-order valence-corrected chi connectivity index (χ0v) is 25.1. The van der Waals surface area contributed by atoms with Crippen molar-refractivity contribution >= 4 is 39.1 Å². The zero-order valence-electron chi connectivity index (χ0n) is 23.5. The maximum absolute atomic E-state index is 13.9. The first-order valence-corrected chi connectivity index (χ1v) is 15.1. The van der Waals surface area contributed by atoms with Crippen molar-refractivity contribution in [1.29, 1.82) is 0 Å². The van der Waals surface area contributed by atoms with E-state index in [0.717, 1.165) is 16.4 Å². The molecule has 3 rings (SSSR count). The molecule has 0 aliphatic rings. The van der Waals surface area contributed by atoms with Gasteiger partial charge in [-0.15, -0.1) is 0 Å². The summed E-state index contributed by atoms with van der Waals surface area (Å²) in [7, 11) is -4.30. The molecule has 220 valence electrons. The monoisotopic (exact) mass is 603 g/mol. The minimum atomic E-state index is -4.30. The summed E-state index contributed by atoms with van der Waals surface area (Å²) in [5, 5.41) is 3.28. The van der Waals surface area contributed by atoms with Gasteiger partial charge in [-0.05, 0) is 87.4 Å². The molecular formula is C30H35ClFN3O5S. The fourth-order valence-electron chi connectivity index (χ4n) is 4.00. The van der Waals surface area contributed by atoms with Crippen LogP contribution in [0.15, 0.2) is 77.7 Å². The third-order valence-corrected chi connectivity index (χ3v) is 8.74. The normalized spacial score (nSPS) is 12.7. The molecule has 0 bridgehead atoms. The Morgan fingerprint density at radius 2 is 1.61 bits per heavy atom. The maximum Gasteiger partial charge on any atom is 0.264 e. The van der Waals surface area contributed by atoms with Crippen LogP contribution in [0.3, 0.4) is 0 Å². The van der Waals surface area contributed by atoms with Gasteiger partial charge in [-0.2, -0.15) is 0 Å². The van der Waals surface area contributed by atoms with E-state index in [1.807, 2.05) is 20.8 Å². The molecule has 0 fully saturated rings. The lowest BCUT2D eigenvalue weighted by Gasteiger charge is -2.32. The SMILES string of the molecule is CCOc1ccc(S(=O)(=O)N(CC(=O)N(Cc2ccccc2Cl)[C@H](C)C(=O)N[C@@H](C)CC)c2ccc(F)cc2)cc1. The molecule has 2 amide bonds. The molecular weight excluding hydrogens is 569 g/mol. The summed E-state index contributed by atoms with van der Waals surface area (Å²) in [6.45, 7) is 6.90. The Morgan fingerprint density at radius 1 is 0.976 bits per heavy atom. The van der Waals surface area contributed by atoms with Gasteiger partial charge in [-0.25, -0.2) is 12.8 Å². The number of nitrogens with one attached hydrogen (secondary N) is 1. The standard InChI is InChI=1S/C30H35ClFN3O5S/c1-5-21(3)33-30(37)22(4)34(19-23-9-7-8-10-28(23)31)29(36)20-35(25-13-11-24(32)12-14-25)41(38,39)27-17-15-26(16-18-27)40-6-2/h7-18,21-22H,5-6,19-20H2,1-4H3,(H,33,37)/t21-,22+/m0/s1. The summed E-state index contributed by atoms with van der Waals surface area (Å²) in [6, 6.07) is 16.4. The number of ether oxygens (including phenoxy) is 1. The first-order chi connectivity index (χ1) is 19.5. The Balaban J connectivity index is 2.02. The molecule has 0 heterocycles. The van der Waals surface area contributed by atoms with Crippen LogP contribution < -0.4 is 14.4 Å². The van der Waals surface area contributed by atoms with Gasteiger partial charge in [-0.1, -0.05) is 36.7 Å². The van der Waals surface area contributed by atoms with Crippen LogP contribution in [-0.2, 0) is 26.2 Å². The summed E-state index contributed by atoms with van der Waals surface area (Å²) in [5.74, 6) is -1.10. The van der Waals surface area contributed by atoms with E-state index in [-0.39, 0.29) is 29.1 Å². The van der Waals surface area contributed by atoms with Gasteiger partial charge in [0.2, 0.25) is 11.8 Å². The highest BCUT2D eigenvalue weighted by Crippen LogP contribution is 2.27. The topological polar surface area (TPSA) is 96.0 Å². The molecule has 3 aromatic rings. The molecule has 8 nitrogen and oxygen atoms in total. The lowest BCUT2D eigenvalue weighted by atomic mass is 10.1. The third-order valence-electron chi connectivity index (χ3n) is 6.58. The number of halogens is 2. The number of hydrogen-bond donors (Lipinski definition) is 1. The summed E-state index contributed by atoms with van der Waals surface area (Å²) >= 11 is 6.38. The minimum absolute atomic E-state index is 0.0338. The Morgan fingerprint density at radius 3 is 2.20 bits per heavy atom.